The number of halogens is 3. The molecule has 0 amide bonds. The van der Waals surface area contributed by atoms with E-state index in [4.69, 9.17) is 0 Å². The highest BCUT2D eigenvalue weighted by Crippen LogP contribution is 2.18. The Hall–Kier alpha value is -0.180. The van der Waals surface area contributed by atoms with E-state index in [0.29, 0.717) is 18.5 Å². The van der Waals surface area contributed by atoms with Crippen LogP contribution in [-0.4, -0.2) is 56.1 Å². The van der Waals surface area contributed by atoms with Gasteiger partial charge in [-0.1, -0.05) is 13.3 Å². The average Bonchev–Trinajstić information content (AvgIpc) is 2.45. The van der Waals surface area contributed by atoms with Gasteiger partial charge in [-0.15, -0.1) is 24.0 Å². The summed E-state index contributed by atoms with van der Waals surface area (Å²) >= 11 is 0. The molecule has 7 heteroatoms. The minimum atomic E-state index is -2.39. The molecule has 1 fully saturated rings. The molecule has 126 valence electrons. The molecule has 0 radical (unpaired) electrons. The Morgan fingerprint density at radius 1 is 1.29 bits per heavy atom. The Morgan fingerprint density at radius 2 is 2.05 bits per heavy atom. The molecular formula is C14H29F2IN4. The van der Waals surface area contributed by atoms with Gasteiger partial charge < -0.3 is 10.6 Å². The smallest absolute Gasteiger partial charge is 0.257 e. The van der Waals surface area contributed by atoms with Crippen LogP contribution in [0.15, 0.2) is 4.99 Å². The first kappa shape index (κ1) is 20.8. The lowest BCUT2D eigenvalue weighted by Crippen LogP contribution is -2.46. The van der Waals surface area contributed by atoms with Crippen molar-refractivity contribution in [2.24, 2.45) is 4.99 Å². The molecule has 1 atom stereocenters. The van der Waals surface area contributed by atoms with Crippen molar-refractivity contribution in [3.05, 3.63) is 0 Å². The van der Waals surface area contributed by atoms with Crippen LogP contribution in [0.25, 0.3) is 0 Å². The zero-order valence-electron chi connectivity index (χ0n) is 13.1. The Labute approximate surface area is 144 Å². The highest BCUT2D eigenvalue weighted by Gasteiger charge is 2.19. The first-order chi connectivity index (χ1) is 9.67. The standard InChI is InChI=1S/C14H28F2N4.HI/c1-3-12-7-5-6-9-20(12)10-8-18-14(17-4-2)19-11-13(15)16;/h12-13H,3-11H2,1-2H3,(H2,17,18,19);1H. The molecule has 0 aromatic carbocycles. The van der Waals surface area contributed by atoms with E-state index in [9.17, 15) is 8.78 Å². The molecule has 1 aliphatic heterocycles. The maximum absolute atomic E-state index is 12.2. The molecule has 0 saturated carbocycles. The molecule has 0 bridgehead atoms. The van der Waals surface area contributed by atoms with E-state index < -0.39 is 13.0 Å². The highest BCUT2D eigenvalue weighted by molar-refractivity contribution is 14.0. The lowest BCUT2D eigenvalue weighted by Gasteiger charge is -2.35. The van der Waals surface area contributed by atoms with Gasteiger partial charge in [0.2, 0.25) is 0 Å². The molecule has 4 nitrogen and oxygen atoms in total. The summed E-state index contributed by atoms with van der Waals surface area (Å²) < 4.78 is 24.3. The third kappa shape index (κ3) is 8.75. The van der Waals surface area contributed by atoms with Gasteiger partial charge in [-0.2, -0.15) is 0 Å². The molecule has 2 N–H and O–H groups in total. The Morgan fingerprint density at radius 3 is 2.67 bits per heavy atom. The van der Waals surface area contributed by atoms with Crippen LogP contribution in [0.1, 0.15) is 39.5 Å². The second kappa shape index (κ2) is 12.4. The molecule has 1 rings (SSSR count). The lowest BCUT2D eigenvalue weighted by atomic mass is 10.0. The Balaban J connectivity index is 0.00000400. The van der Waals surface area contributed by atoms with Gasteiger partial charge in [0.1, 0.15) is 6.54 Å². The van der Waals surface area contributed by atoms with Gasteiger partial charge in [0, 0.05) is 25.7 Å². The fraction of sp³-hybridized carbons (Fsp3) is 0.929. The summed E-state index contributed by atoms with van der Waals surface area (Å²) in [5.74, 6) is 0.484. The number of hydrogen-bond donors (Lipinski definition) is 2. The number of nitrogens with zero attached hydrogens (tertiary/aromatic N) is 2. The quantitative estimate of drug-likeness (QED) is 0.380. The van der Waals surface area contributed by atoms with Gasteiger partial charge in [0.15, 0.2) is 5.96 Å². The van der Waals surface area contributed by atoms with Gasteiger partial charge in [-0.05, 0) is 32.7 Å². The SMILES string of the molecule is CCNC(=NCC(F)F)NCCN1CCCCC1CC.I. The minimum Gasteiger partial charge on any atom is -0.357 e. The second-order valence-corrected chi connectivity index (χ2v) is 5.13. The first-order valence-corrected chi connectivity index (χ1v) is 7.71. The van der Waals surface area contributed by atoms with E-state index in [1.165, 1.54) is 25.7 Å². The topological polar surface area (TPSA) is 39.7 Å². The normalized spacial score (nSPS) is 20.2. The minimum absolute atomic E-state index is 0. The van der Waals surface area contributed by atoms with Crippen LogP contribution >= 0.6 is 24.0 Å². The Bertz CT molecular complexity index is 290. The van der Waals surface area contributed by atoms with Crippen molar-refractivity contribution in [3.63, 3.8) is 0 Å². The average molecular weight is 418 g/mol. The van der Waals surface area contributed by atoms with E-state index >= 15 is 0 Å². The summed E-state index contributed by atoms with van der Waals surface area (Å²) in [7, 11) is 0. The molecule has 21 heavy (non-hydrogen) atoms. The number of likely N-dealkylation sites (tertiary alicyclic amines) is 1. The third-order valence-corrected chi connectivity index (χ3v) is 3.64. The van der Waals surface area contributed by atoms with E-state index in [0.717, 1.165) is 19.6 Å². The van der Waals surface area contributed by atoms with E-state index in [-0.39, 0.29) is 24.0 Å². The number of hydrogen-bond acceptors (Lipinski definition) is 2. The van der Waals surface area contributed by atoms with Crippen LogP contribution < -0.4 is 10.6 Å². The van der Waals surface area contributed by atoms with Crippen LogP contribution in [0, 0.1) is 0 Å². The van der Waals surface area contributed by atoms with Gasteiger partial charge in [0.25, 0.3) is 6.43 Å². The summed E-state index contributed by atoms with van der Waals surface area (Å²) in [6, 6.07) is 0.672. The molecular weight excluding hydrogens is 389 g/mol. The van der Waals surface area contributed by atoms with Crippen LogP contribution in [0.4, 0.5) is 8.78 Å². The van der Waals surface area contributed by atoms with Crippen molar-refractivity contribution < 1.29 is 8.78 Å². The predicted molar refractivity (Wildman–Crippen MR) is 94.9 cm³/mol. The molecule has 0 spiro atoms. The second-order valence-electron chi connectivity index (χ2n) is 5.13. The molecule has 1 aliphatic rings. The molecule has 0 aromatic heterocycles. The monoisotopic (exact) mass is 418 g/mol. The summed E-state index contributed by atoms with van der Waals surface area (Å²) in [5.41, 5.74) is 0. The van der Waals surface area contributed by atoms with E-state index in [1.807, 2.05) is 6.92 Å². The van der Waals surface area contributed by atoms with Crippen LogP contribution in [-0.2, 0) is 0 Å². The number of nitrogens with one attached hydrogen (secondary N) is 2. The fourth-order valence-electron chi connectivity index (χ4n) is 2.64. The fourth-order valence-corrected chi connectivity index (χ4v) is 2.64. The Kier molecular flexibility index (Phi) is 12.3. The van der Waals surface area contributed by atoms with Gasteiger partial charge in [-0.3, -0.25) is 4.90 Å². The zero-order chi connectivity index (χ0) is 14.8. The summed E-state index contributed by atoms with van der Waals surface area (Å²) in [4.78, 5) is 6.35. The van der Waals surface area contributed by atoms with Crippen LogP contribution in [0.5, 0.6) is 0 Å². The van der Waals surface area contributed by atoms with Gasteiger partial charge in [0.05, 0.1) is 0 Å². The number of aliphatic imine (C=N–C) groups is 1. The lowest BCUT2D eigenvalue weighted by molar-refractivity contribution is 0.146. The molecule has 1 unspecified atom stereocenters. The first-order valence-electron chi connectivity index (χ1n) is 7.71. The number of alkyl halides is 2. The predicted octanol–water partition coefficient (Wildman–Crippen LogP) is 2.69. The van der Waals surface area contributed by atoms with Crippen LogP contribution in [0.3, 0.4) is 0 Å². The van der Waals surface area contributed by atoms with E-state index in [2.05, 4.69) is 27.4 Å². The van der Waals surface area contributed by atoms with Crippen molar-refractivity contribution in [1.82, 2.24) is 15.5 Å². The molecule has 0 aromatic rings. The van der Waals surface area contributed by atoms with Crippen molar-refractivity contribution >= 4 is 29.9 Å². The van der Waals surface area contributed by atoms with E-state index in [1.54, 1.807) is 0 Å². The van der Waals surface area contributed by atoms with Crippen molar-refractivity contribution in [1.29, 1.82) is 0 Å². The third-order valence-electron chi connectivity index (χ3n) is 3.64. The largest absolute Gasteiger partial charge is 0.357 e. The molecule has 1 saturated heterocycles. The zero-order valence-corrected chi connectivity index (χ0v) is 15.4. The maximum Gasteiger partial charge on any atom is 0.257 e. The number of guanidine groups is 1. The number of piperidine rings is 1. The van der Waals surface area contributed by atoms with Crippen molar-refractivity contribution in [2.75, 3.05) is 32.7 Å². The summed E-state index contributed by atoms with van der Waals surface area (Å²) in [6.45, 7) is 7.21. The highest BCUT2D eigenvalue weighted by atomic mass is 127. The van der Waals surface area contributed by atoms with Gasteiger partial charge >= 0.3 is 0 Å². The molecule has 0 aliphatic carbocycles. The summed E-state index contributed by atoms with van der Waals surface area (Å²) in [6.07, 6.45) is 2.64. The number of rotatable bonds is 7. The van der Waals surface area contributed by atoms with Gasteiger partial charge in [-0.25, -0.2) is 13.8 Å². The van der Waals surface area contributed by atoms with Crippen LogP contribution in [0.2, 0.25) is 0 Å². The summed E-state index contributed by atoms with van der Waals surface area (Å²) in [5, 5.41) is 6.12. The molecule has 1 heterocycles. The van der Waals surface area contributed by atoms with Crippen molar-refractivity contribution in [2.45, 2.75) is 52.0 Å². The maximum atomic E-state index is 12.2. The van der Waals surface area contributed by atoms with Crippen molar-refractivity contribution in [3.8, 4) is 0 Å².